The third kappa shape index (κ3) is 1.74. The molecule has 1 aromatic carbocycles. The molecule has 2 fully saturated rings. The maximum absolute atomic E-state index is 12.2. The van der Waals surface area contributed by atoms with E-state index in [9.17, 15) is 4.79 Å². The van der Waals surface area contributed by atoms with Gasteiger partial charge in [-0.1, -0.05) is 24.3 Å². The molecule has 1 aromatic rings. The molecule has 1 amide bonds. The minimum atomic E-state index is -0.267. The van der Waals surface area contributed by atoms with Crippen LogP contribution in [0.1, 0.15) is 43.7 Å². The smallest absolute Gasteiger partial charge is 0.230 e. The number of likely N-dealkylation sites (N-methyl/N-ethyl adjacent to an activating group) is 1. The Labute approximate surface area is 108 Å². The van der Waals surface area contributed by atoms with Crippen molar-refractivity contribution in [2.75, 3.05) is 6.54 Å². The number of nitrogens with one attached hydrogen (secondary N) is 1. The molecule has 0 aliphatic heterocycles. The third-order valence-corrected chi connectivity index (χ3v) is 4.30. The van der Waals surface area contributed by atoms with E-state index in [2.05, 4.69) is 23.5 Å². The van der Waals surface area contributed by atoms with E-state index in [1.807, 2.05) is 13.0 Å². The van der Waals surface area contributed by atoms with Crippen molar-refractivity contribution < 1.29 is 4.79 Å². The standard InChI is InChI=1S/C15H20N2O/c1-2-17-13(18)14(6-7-14)11-4-3-5-12(10-11)15(16)8-9-15/h3-5,10H,2,6-9,16H2,1H3,(H,17,18). The summed E-state index contributed by atoms with van der Waals surface area (Å²) in [5.41, 5.74) is 8.18. The molecule has 2 aliphatic rings. The maximum Gasteiger partial charge on any atom is 0.230 e. The zero-order valence-corrected chi connectivity index (χ0v) is 10.8. The van der Waals surface area contributed by atoms with Gasteiger partial charge in [0.05, 0.1) is 5.41 Å². The van der Waals surface area contributed by atoms with Gasteiger partial charge in [-0.2, -0.15) is 0 Å². The predicted octanol–water partition coefficient (Wildman–Crippen LogP) is 1.80. The van der Waals surface area contributed by atoms with Crippen molar-refractivity contribution >= 4 is 5.91 Å². The van der Waals surface area contributed by atoms with Gasteiger partial charge in [0.1, 0.15) is 0 Å². The van der Waals surface area contributed by atoms with E-state index in [1.165, 1.54) is 5.56 Å². The van der Waals surface area contributed by atoms with Crippen LogP contribution in [0.4, 0.5) is 0 Å². The van der Waals surface area contributed by atoms with E-state index in [-0.39, 0.29) is 16.9 Å². The zero-order valence-electron chi connectivity index (χ0n) is 10.8. The average molecular weight is 244 g/mol. The Morgan fingerprint density at radius 2 is 1.94 bits per heavy atom. The van der Waals surface area contributed by atoms with Crippen LogP contribution in [-0.4, -0.2) is 12.5 Å². The number of carbonyl (C=O) groups excluding carboxylic acids is 1. The van der Waals surface area contributed by atoms with Crippen molar-refractivity contribution in [1.82, 2.24) is 5.32 Å². The molecule has 3 nitrogen and oxygen atoms in total. The molecule has 0 unspecified atom stereocenters. The van der Waals surface area contributed by atoms with Gasteiger partial charge in [-0.25, -0.2) is 0 Å². The second-order valence-corrected chi connectivity index (χ2v) is 5.68. The lowest BCUT2D eigenvalue weighted by Gasteiger charge is -2.17. The van der Waals surface area contributed by atoms with Gasteiger partial charge in [0.25, 0.3) is 0 Å². The summed E-state index contributed by atoms with van der Waals surface area (Å²) in [6, 6.07) is 8.34. The number of hydrogen-bond acceptors (Lipinski definition) is 2. The number of benzene rings is 1. The van der Waals surface area contributed by atoms with E-state index in [1.54, 1.807) is 0 Å². The van der Waals surface area contributed by atoms with Crippen LogP contribution in [0.5, 0.6) is 0 Å². The lowest BCUT2D eigenvalue weighted by atomic mass is 9.91. The highest BCUT2D eigenvalue weighted by atomic mass is 16.2. The summed E-state index contributed by atoms with van der Waals surface area (Å²) < 4.78 is 0. The molecule has 3 rings (SSSR count). The topological polar surface area (TPSA) is 55.1 Å². The number of carbonyl (C=O) groups is 1. The second-order valence-electron chi connectivity index (χ2n) is 5.68. The molecule has 0 radical (unpaired) electrons. The molecular weight excluding hydrogens is 224 g/mol. The molecule has 3 heteroatoms. The summed E-state index contributed by atoms with van der Waals surface area (Å²) in [7, 11) is 0. The molecule has 0 bridgehead atoms. The summed E-state index contributed by atoms with van der Waals surface area (Å²) in [4.78, 5) is 12.2. The molecule has 3 N–H and O–H groups in total. The first-order chi connectivity index (χ1) is 8.61. The fraction of sp³-hybridized carbons (Fsp3) is 0.533. The normalized spacial score (nSPS) is 22.3. The highest BCUT2D eigenvalue weighted by Crippen LogP contribution is 2.50. The number of nitrogens with two attached hydrogens (primary N) is 1. The Bertz CT molecular complexity index is 487. The Hall–Kier alpha value is -1.35. The molecular formula is C15H20N2O. The third-order valence-electron chi connectivity index (χ3n) is 4.30. The van der Waals surface area contributed by atoms with Crippen LogP contribution in [0, 0.1) is 0 Å². The Balaban J connectivity index is 1.90. The van der Waals surface area contributed by atoms with Crippen LogP contribution >= 0.6 is 0 Å². The van der Waals surface area contributed by atoms with Gasteiger partial charge in [0.15, 0.2) is 0 Å². The van der Waals surface area contributed by atoms with Crippen LogP contribution in [-0.2, 0) is 15.7 Å². The van der Waals surface area contributed by atoms with E-state index in [4.69, 9.17) is 5.73 Å². The second kappa shape index (κ2) is 3.82. The monoisotopic (exact) mass is 244 g/mol. The molecule has 0 heterocycles. The van der Waals surface area contributed by atoms with Crippen LogP contribution in [0.3, 0.4) is 0 Å². The first-order valence-electron chi connectivity index (χ1n) is 6.79. The molecule has 0 saturated heterocycles. The van der Waals surface area contributed by atoms with Crippen LogP contribution in [0.2, 0.25) is 0 Å². The summed E-state index contributed by atoms with van der Waals surface area (Å²) in [5.74, 6) is 0.170. The van der Waals surface area contributed by atoms with Gasteiger partial charge in [-0.15, -0.1) is 0 Å². The van der Waals surface area contributed by atoms with Gasteiger partial charge in [-0.05, 0) is 43.7 Å². The van der Waals surface area contributed by atoms with E-state index < -0.39 is 0 Å². The summed E-state index contributed by atoms with van der Waals surface area (Å²) >= 11 is 0. The number of rotatable bonds is 4. The van der Waals surface area contributed by atoms with Crippen molar-refractivity contribution in [3.05, 3.63) is 35.4 Å². The van der Waals surface area contributed by atoms with E-state index in [0.29, 0.717) is 6.54 Å². The highest BCUT2D eigenvalue weighted by Gasteiger charge is 2.51. The Morgan fingerprint density at radius 3 is 2.50 bits per heavy atom. The van der Waals surface area contributed by atoms with Crippen molar-refractivity contribution in [2.45, 2.75) is 43.6 Å². The lowest BCUT2D eigenvalue weighted by molar-refractivity contribution is -0.123. The number of hydrogen-bond donors (Lipinski definition) is 2. The molecule has 2 saturated carbocycles. The van der Waals surface area contributed by atoms with Gasteiger partial charge in [-0.3, -0.25) is 4.79 Å². The van der Waals surface area contributed by atoms with Crippen LogP contribution in [0.25, 0.3) is 0 Å². The molecule has 0 spiro atoms. The minimum absolute atomic E-state index is 0.118. The van der Waals surface area contributed by atoms with Crippen molar-refractivity contribution in [3.63, 3.8) is 0 Å². The SMILES string of the molecule is CCNC(=O)C1(c2cccc(C3(N)CC3)c2)CC1. The highest BCUT2D eigenvalue weighted by molar-refractivity contribution is 5.91. The minimum Gasteiger partial charge on any atom is -0.356 e. The average Bonchev–Trinajstić information content (AvgIpc) is 3.25. The largest absolute Gasteiger partial charge is 0.356 e. The van der Waals surface area contributed by atoms with E-state index in [0.717, 1.165) is 31.2 Å². The summed E-state index contributed by atoms with van der Waals surface area (Å²) in [6.07, 6.45) is 4.04. The van der Waals surface area contributed by atoms with Gasteiger partial charge in [0.2, 0.25) is 5.91 Å². The Kier molecular flexibility index (Phi) is 2.49. The van der Waals surface area contributed by atoms with Gasteiger partial charge < -0.3 is 11.1 Å². The molecule has 0 atom stereocenters. The number of amides is 1. The fourth-order valence-corrected chi connectivity index (χ4v) is 2.65. The molecule has 96 valence electrons. The fourth-order valence-electron chi connectivity index (χ4n) is 2.65. The van der Waals surface area contributed by atoms with E-state index >= 15 is 0 Å². The molecule has 18 heavy (non-hydrogen) atoms. The maximum atomic E-state index is 12.2. The van der Waals surface area contributed by atoms with Crippen LogP contribution in [0.15, 0.2) is 24.3 Å². The van der Waals surface area contributed by atoms with Gasteiger partial charge in [0, 0.05) is 12.1 Å². The summed E-state index contributed by atoms with van der Waals surface area (Å²) in [6.45, 7) is 2.66. The first-order valence-corrected chi connectivity index (χ1v) is 6.79. The molecule has 0 aromatic heterocycles. The quantitative estimate of drug-likeness (QED) is 0.848. The van der Waals surface area contributed by atoms with Crippen molar-refractivity contribution in [2.24, 2.45) is 5.73 Å². The lowest BCUT2D eigenvalue weighted by Crippen LogP contribution is -2.34. The summed E-state index contributed by atoms with van der Waals surface area (Å²) in [5, 5.41) is 2.95. The zero-order chi connectivity index (χ0) is 12.8. The van der Waals surface area contributed by atoms with Gasteiger partial charge >= 0.3 is 0 Å². The predicted molar refractivity (Wildman–Crippen MR) is 71.1 cm³/mol. The Morgan fingerprint density at radius 1 is 1.28 bits per heavy atom. The van der Waals surface area contributed by atoms with Crippen molar-refractivity contribution in [3.8, 4) is 0 Å². The van der Waals surface area contributed by atoms with Crippen LogP contribution < -0.4 is 11.1 Å². The first kappa shape index (κ1) is 11.7. The molecule has 2 aliphatic carbocycles. The van der Waals surface area contributed by atoms with Crippen molar-refractivity contribution in [1.29, 1.82) is 0 Å².